The van der Waals surface area contributed by atoms with Crippen LogP contribution in [0.15, 0.2) is 12.1 Å². The molecule has 3 heterocycles. The van der Waals surface area contributed by atoms with Gasteiger partial charge in [0.1, 0.15) is 11.6 Å². The zero-order valence-corrected chi connectivity index (χ0v) is 16.4. The Balaban J connectivity index is 2.22. The number of rotatable bonds is 2. The molecule has 0 amide bonds. The number of fused-ring (bicyclic) bond motifs is 3. The lowest BCUT2D eigenvalue weighted by Crippen LogP contribution is -1.99. The first-order valence-corrected chi connectivity index (χ1v) is 8.74. The van der Waals surface area contributed by atoms with E-state index in [2.05, 4.69) is 16.4 Å². The molecule has 0 N–H and O–H groups in total. The molecule has 0 fully saturated rings. The van der Waals surface area contributed by atoms with Crippen molar-refractivity contribution in [3.63, 3.8) is 0 Å². The standard InChI is InChI=1S/C19H20ClN5O/c1-9-17(12(4)24(5)23-9)19-22-11(3)18-10(2)21-14-8-16(26-6)13(20)7-15(14)25(18)19/h7-8H,1-6H3. The largest absolute Gasteiger partial charge is 0.495 e. The summed E-state index contributed by atoms with van der Waals surface area (Å²) in [5.74, 6) is 1.47. The maximum atomic E-state index is 6.41. The Labute approximate surface area is 156 Å². The molecule has 0 atom stereocenters. The van der Waals surface area contributed by atoms with Crippen LogP contribution in [0.25, 0.3) is 27.9 Å². The number of nitrogens with zero attached hydrogens (tertiary/aromatic N) is 5. The highest BCUT2D eigenvalue weighted by Gasteiger charge is 2.22. The Morgan fingerprint density at radius 2 is 1.69 bits per heavy atom. The zero-order valence-electron chi connectivity index (χ0n) is 15.7. The predicted octanol–water partition coefficient (Wildman–Crippen LogP) is 4.18. The van der Waals surface area contributed by atoms with E-state index in [9.17, 15) is 0 Å². The first kappa shape index (κ1) is 16.8. The molecule has 26 heavy (non-hydrogen) atoms. The lowest BCUT2D eigenvalue weighted by Gasteiger charge is -2.11. The summed E-state index contributed by atoms with van der Waals surface area (Å²) in [5, 5.41) is 5.10. The van der Waals surface area contributed by atoms with Crippen molar-refractivity contribution in [2.45, 2.75) is 27.7 Å². The zero-order chi connectivity index (χ0) is 18.7. The molecule has 134 valence electrons. The van der Waals surface area contributed by atoms with Crippen LogP contribution in [0.1, 0.15) is 22.8 Å². The number of hydrogen-bond acceptors (Lipinski definition) is 4. The van der Waals surface area contributed by atoms with E-state index in [1.165, 1.54) is 0 Å². The number of aromatic nitrogens is 5. The van der Waals surface area contributed by atoms with Crippen LogP contribution >= 0.6 is 11.6 Å². The molecule has 0 unspecified atom stereocenters. The van der Waals surface area contributed by atoms with Crippen LogP contribution in [0.3, 0.4) is 0 Å². The number of methoxy groups -OCH3 is 1. The van der Waals surface area contributed by atoms with E-state index in [0.29, 0.717) is 10.8 Å². The van der Waals surface area contributed by atoms with Crippen molar-refractivity contribution in [3.8, 4) is 17.1 Å². The summed E-state index contributed by atoms with van der Waals surface area (Å²) in [6.07, 6.45) is 0. The molecule has 7 heteroatoms. The minimum atomic E-state index is 0.545. The third kappa shape index (κ3) is 2.22. The fourth-order valence-corrected chi connectivity index (χ4v) is 3.88. The minimum Gasteiger partial charge on any atom is -0.495 e. The molecule has 0 aliphatic rings. The van der Waals surface area contributed by atoms with E-state index in [0.717, 1.165) is 50.7 Å². The van der Waals surface area contributed by atoms with Gasteiger partial charge in [-0.3, -0.25) is 9.08 Å². The quantitative estimate of drug-likeness (QED) is 0.532. The van der Waals surface area contributed by atoms with Gasteiger partial charge in [0, 0.05) is 18.8 Å². The van der Waals surface area contributed by atoms with Gasteiger partial charge in [-0.1, -0.05) is 11.6 Å². The van der Waals surface area contributed by atoms with Gasteiger partial charge in [-0.2, -0.15) is 5.10 Å². The van der Waals surface area contributed by atoms with Crippen molar-refractivity contribution in [1.29, 1.82) is 0 Å². The second kappa shape index (κ2) is 5.71. The van der Waals surface area contributed by atoms with Gasteiger partial charge >= 0.3 is 0 Å². The third-order valence-electron chi connectivity index (χ3n) is 4.91. The maximum absolute atomic E-state index is 6.41. The summed E-state index contributed by atoms with van der Waals surface area (Å²) in [6.45, 7) is 8.06. The second-order valence-corrected chi connectivity index (χ2v) is 6.95. The lowest BCUT2D eigenvalue weighted by molar-refractivity contribution is 0.415. The number of ether oxygens (including phenoxy) is 1. The summed E-state index contributed by atoms with van der Waals surface area (Å²) >= 11 is 6.41. The van der Waals surface area contributed by atoms with Crippen LogP contribution in [0.5, 0.6) is 5.75 Å². The normalized spacial score (nSPS) is 11.7. The van der Waals surface area contributed by atoms with Crippen molar-refractivity contribution in [2.75, 3.05) is 7.11 Å². The molecule has 0 saturated carbocycles. The fourth-order valence-electron chi connectivity index (χ4n) is 3.64. The van der Waals surface area contributed by atoms with Crippen LogP contribution in [-0.4, -0.2) is 31.3 Å². The van der Waals surface area contributed by atoms with Crippen molar-refractivity contribution < 1.29 is 4.74 Å². The molecular formula is C19H20ClN5O. The summed E-state index contributed by atoms with van der Waals surface area (Å²) in [7, 11) is 3.55. The molecule has 0 radical (unpaired) electrons. The number of halogens is 1. The Morgan fingerprint density at radius 1 is 1.00 bits per heavy atom. The van der Waals surface area contributed by atoms with E-state index < -0.39 is 0 Å². The van der Waals surface area contributed by atoms with Gasteiger partial charge in [0.25, 0.3) is 0 Å². The van der Waals surface area contributed by atoms with Crippen molar-refractivity contribution in [3.05, 3.63) is 39.9 Å². The highest BCUT2D eigenvalue weighted by atomic mass is 35.5. The number of imidazole rings is 1. The fraction of sp³-hybridized carbons (Fsp3) is 0.316. The molecule has 1 aromatic carbocycles. The van der Waals surface area contributed by atoms with Crippen LogP contribution in [0, 0.1) is 27.7 Å². The summed E-state index contributed by atoms with van der Waals surface area (Å²) in [6, 6.07) is 3.76. The van der Waals surface area contributed by atoms with Crippen LogP contribution in [0.4, 0.5) is 0 Å². The molecule has 0 spiro atoms. The SMILES string of the molecule is COc1cc2nc(C)c3c(C)nc(-c4c(C)nn(C)c4C)n3c2cc1Cl. The molecule has 3 aromatic heterocycles. The highest BCUT2D eigenvalue weighted by Crippen LogP contribution is 2.35. The van der Waals surface area contributed by atoms with Gasteiger partial charge in [-0.15, -0.1) is 0 Å². The molecule has 0 bridgehead atoms. The van der Waals surface area contributed by atoms with Gasteiger partial charge in [-0.25, -0.2) is 9.97 Å². The van der Waals surface area contributed by atoms with Crippen LogP contribution < -0.4 is 4.74 Å². The second-order valence-electron chi connectivity index (χ2n) is 6.55. The van der Waals surface area contributed by atoms with Gasteiger partial charge < -0.3 is 4.74 Å². The molecular weight excluding hydrogens is 350 g/mol. The van der Waals surface area contributed by atoms with E-state index in [-0.39, 0.29) is 0 Å². The molecule has 0 saturated heterocycles. The average molecular weight is 370 g/mol. The Kier molecular flexibility index (Phi) is 3.70. The topological polar surface area (TPSA) is 57.2 Å². The first-order valence-electron chi connectivity index (χ1n) is 8.37. The number of aryl methyl sites for hydroxylation is 4. The van der Waals surface area contributed by atoms with E-state index in [1.54, 1.807) is 7.11 Å². The number of hydrogen-bond donors (Lipinski definition) is 0. The first-order chi connectivity index (χ1) is 12.3. The smallest absolute Gasteiger partial charge is 0.149 e. The van der Waals surface area contributed by atoms with Crippen molar-refractivity contribution in [2.24, 2.45) is 7.05 Å². The van der Waals surface area contributed by atoms with E-state index in [4.69, 9.17) is 26.3 Å². The molecule has 4 rings (SSSR count). The van der Waals surface area contributed by atoms with Gasteiger partial charge in [-0.05, 0) is 33.8 Å². The van der Waals surface area contributed by atoms with Crippen molar-refractivity contribution >= 4 is 28.2 Å². The van der Waals surface area contributed by atoms with Crippen LogP contribution in [-0.2, 0) is 7.05 Å². The van der Waals surface area contributed by atoms with Crippen LogP contribution in [0.2, 0.25) is 5.02 Å². The lowest BCUT2D eigenvalue weighted by atomic mass is 10.1. The Bertz CT molecular complexity index is 1190. The van der Waals surface area contributed by atoms with Gasteiger partial charge in [0.05, 0.1) is 51.3 Å². The monoisotopic (exact) mass is 369 g/mol. The average Bonchev–Trinajstić information content (AvgIpc) is 3.05. The Hall–Kier alpha value is -2.60. The van der Waals surface area contributed by atoms with E-state index in [1.807, 2.05) is 44.6 Å². The Morgan fingerprint density at radius 3 is 2.31 bits per heavy atom. The molecule has 4 aromatic rings. The van der Waals surface area contributed by atoms with Gasteiger partial charge in [0.15, 0.2) is 0 Å². The molecule has 6 nitrogen and oxygen atoms in total. The predicted molar refractivity (Wildman–Crippen MR) is 103 cm³/mol. The van der Waals surface area contributed by atoms with E-state index >= 15 is 0 Å². The summed E-state index contributed by atoms with van der Waals surface area (Å²) in [4.78, 5) is 9.62. The maximum Gasteiger partial charge on any atom is 0.149 e. The third-order valence-corrected chi connectivity index (χ3v) is 5.20. The summed E-state index contributed by atoms with van der Waals surface area (Å²) < 4.78 is 9.37. The number of benzene rings is 1. The molecule has 0 aliphatic heterocycles. The summed E-state index contributed by atoms with van der Waals surface area (Å²) in [5.41, 5.74) is 7.60. The molecule has 0 aliphatic carbocycles. The minimum absolute atomic E-state index is 0.545. The highest BCUT2D eigenvalue weighted by molar-refractivity contribution is 6.32. The van der Waals surface area contributed by atoms with Gasteiger partial charge in [0.2, 0.25) is 0 Å². The van der Waals surface area contributed by atoms with Crippen molar-refractivity contribution in [1.82, 2.24) is 24.1 Å².